The summed E-state index contributed by atoms with van der Waals surface area (Å²) in [7, 11) is 1.90. The van der Waals surface area contributed by atoms with Gasteiger partial charge in [-0.3, -0.25) is 4.79 Å². The zero-order valence-corrected chi connectivity index (χ0v) is 13.5. The van der Waals surface area contributed by atoms with Gasteiger partial charge in [-0.15, -0.1) is 0 Å². The Kier molecular flexibility index (Phi) is 5.15. The summed E-state index contributed by atoms with van der Waals surface area (Å²) < 4.78 is 0. The van der Waals surface area contributed by atoms with Gasteiger partial charge >= 0.3 is 0 Å². The van der Waals surface area contributed by atoms with Gasteiger partial charge in [-0.25, -0.2) is 9.97 Å². The van der Waals surface area contributed by atoms with Gasteiger partial charge in [-0.1, -0.05) is 13.8 Å². The zero-order chi connectivity index (χ0) is 15.4. The number of nitrogens with zero attached hydrogens (tertiary/aromatic N) is 3. The maximum atomic E-state index is 11.4. The van der Waals surface area contributed by atoms with Crippen molar-refractivity contribution >= 4 is 11.7 Å². The van der Waals surface area contributed by atoms with Crippen LogP contribution in [-0.2, 0) is 4.79 Å². The average Bonchev–Trinajstić information content (AvgIpc) is 2.47. The van der Waals surface area contributed by atoms with Crippen molar-refractivity contribution in [2.45, 2.75) is 64.5 Å². The van der Waals surface area contributed by atoms with Crippen LogP contribution in [0.4, 0.5) is 5.82 Å². The summed E-state index contributed by atoms with van der Waals surface area (Å²) in [6, 6.07) is 2.87. The highest BCUT2D eigenvalue weighted by atomic mass is 16.2. The Labute approximate surface area is 127 Å². The lowest BCUT2D eigenvalue weighted by Gasteiger charge is -2.34. The fraction of sp³-hybridized carbons (Fsp3) is 0.688. The Balaban J connectivity index is 1.89. The van der Waals surface area contributed by atoms with Crippen molar-refractivity contribution in [1.29, 1.82) is 0 Å². The lowest BCUT2D eigenvalue weighted by molar-refractivity contribution is -0.130. The second kappa shape index (κ2) is 6.87. The molecule has 0 unspecified atom stereocenters. The monoisotopic (exact) mass is 290 g/mol. The maximum absolute atomic E-state index is 11.4. The lowest BCUT2D eigenvalue weighted by Crippen LogP contribution is -2.40. The molecule has 1 aliphatic carbocycles. The molecular weight excluding hydrogens is 264 g/mol. The number of hydrogen-bond acceptors (Lipinski definition) is 4. The number of hydrogen-bond donors (Lipinski definition) is 1. The van der Waals surface area contributed by atoms with Gasteiger partial charge < -0.3 is 10.2 Å². The predicted octanol–water partition coefficient (Wildman–Crippen LogP) is 2.80. The SMILES string of the molecule is CC(=O)N(C)[C@H]1CC[C@@H](Nc2cc(C(C)C)ncn2)CC1. The van der Waals surface area contributed by atoms with E-state index in [4.69, 9.17) is 0 Å². The van der Waals surface area contributed by atoms with Gasteiger partial charge in [0.05, 0.1) is 0 Å². The molecule has 1 amide bonds. The van der Waals surface area contributed by atoms with Gasteiger partial charge in [-0.05, 0) is 31.6 Å². The first-order chi connectivity index (χ1) is 9.97. The minimum atomic E-state index is 0.156. The van der Waals surface area contributed by atoms with E-state index in [0.29, 0.717) is 18.0 Å². The van der Waals surface area contributed by atoms with Crippen LogP contribution in [0.15, 0.2) is 12.4 Å². The Bertz CT molecular complexity index is 481. The summed E-state index contributed by atoms with van der Waals surface area (Å²) >= 11 is 0. The lowest BCUT2D eigenvalue weighted by atomic mass is 9.90. The predicted molar refractivity (Wildman–Crippen MR) is 84.2 cm³/mol. The molecule has 1 heterocycles. The smallest absolute Gasteiger partial charge is 0.219 e. The molecule has 2 rings (SSSR count). The van der Waals surface area contributed by atoms with E-state index >= 15 is 0 Å². The zero-order valence-electron chi connectivity index (χ0n) is 13.5. The van der Waals surface area contributed by atoms with Crippen LogP contribution < -0.4 is 5.32 Å². The van der Waals surface area contributed by atoms with E-state index in [-0.39, 0.29) is 5.91 Å². The van der Waals surface area contributed by atoms with Crippen LogP contribution in [0.1, 0.15) is 58.1 Å². The van der Waals surface area contributed by atoms with Gasteiger partial charge in [0.1, 0.15) is 12.1 Å². The largest absolute Gasteiger partial charge is 0.367 e. The summed E-state index contributed by atoms with van der Waals surface area (Å²) in [5.41, 5.74) is 1.07. The van der Waals surface area contributed by atoms with E-state index in [9.17, 15) is 4.79 Å². The third kappa shape index (κ3) is 4.16. The number of nitrogens with one attached hydrogen (secondary N) is 1. The summed E-state index contributed by atoms with van der Waals surface area (Å²) in [5, 5.41) is 3.51. The summed E-state index contributed by atoms with van der Waals surface area (Å²) in [6.45, 7) is 5.91. The van der Waals surface area contributed by atoms with Crippen LogP contribution in [0.3, 0.4) is 0 Å². The molecule has 0 bridgehead atoms. The molecule has 5 nitrogen and oxygen atoms in total. The highest BCUT2D eigenvalue weighted by molar-refractivity contribution is 5.73. The third-order valence-corrected chi connectivity index (χ3v) is 4.37. The second-order valence-electron chi connectivity index (χ2n) is 6.26. The minimum absolute atomic E-state index is 0.156. The van der Waals surface area contributed by atoms with Crippen molar-refractivity contribution in [1.82, 2.24) is 14.9 Å². The standard InChI is InChI=1S/C16H26N4O/c1-11(2)15-9-16(18-10-17-15)19-13-5-7-14(8-6-13)20(4)12(3)21/h9-11,13-14H,5-8H2,1-4H3,(H,17,18,19)/t13-,14+. The van der Waals surface area contributed by atoms with Crippen molar-refractivity contribution in [3.05, 3.63) is 18.1 Å². The first-order valence-corrected chi connectivity index (χ1v) is 7.79. The normalized spacial score (nSPS) is 22.1. The number of carbonyl (C=O) groups is 1. The van der Waals surface area contributed by atoms with Crippen LogP contribution in [0.5, 0.6) is 0 Å². The Morgan fingerprint density at radius 2 is 1.95 bits per heavy atom. The van der Waals surface area contributed by atoms with Crippen molar-refractivity contribution in [2.75, 3.05) is 12.4 Å². The summed E-state index contributed by atoms with van der Waals surface area (Å²) in [5.74, 6) is 1.48. The third-order valence-electron chi connectivity index (χ3n) is 4.37. The number of rotatable bonds is 4. The molecule has 1 saturated carbocycles. The first-order valence-electron chi connectivity index (χ1n) is 7.79. The molecule has 0 atom stereocenters. The van der Waals surface area contributed by atoms with Crippen molar-refractivity contribution in [3.8, 4) is 0 Å². The molecule has 0 aromatic carbocycles. The van der Waals surface area contributed by atoms with Crippen molar-refractivity contribution in [2.24, 2.45) is 0 Å². The summed E-state index contributed by atoms with van der Waals surface area (Å²) in [6.07, 6.45) is 5.88. The topological polar surface area (TPSA) is 58.1 Å². The van der Waals surface area contributed by atoms with Crippen LogP contribution in [0, 0.1) is 0 Å². The van der Waals surface area contributed by atoms with E-state index in [1.165, 1.54) is 0 Å². The van der Waals surface area contributed by atoms with E-state index in [0.717, 1.165) is 37.2 Å². The van der Waals surface area contributed by atoms with Gasteiger partial charge in [0.15, 0.2) is 0 Å². The Hall–Kier alpha value is -1.65. The molecule has 1 fully saturated rings. The molecule has 0 radical (unpaired) electrons. The van der Waals surface area contributed by atoms with Gasteiger partial charge in [0, 0.05) is 37.8 Å². The minimum Gasteiger partial charge on any atom is -0.367 e. The molecule has 0 saturated heterocycles. The number of amides is 1. The molecular formula is C16H26N4O. The van der Waals surface area contributed by atoms with Crippen LogP contribution in [0.2, 0.25) is 0 Å². The van der Waals surface area contributed by atoms with Gasteiger partial charge in [0.2, 0.25) is 5.91 Å². The van der Waals surface area contributed by atoms with Gasteiger partial charge in [-0.2, -0.15) is 0 Å². The van der Waals surface area contributed by atoms with Crippen molar-refractivity contribution in [3.63, 3.8) is 0 Å². The van der Waals surface area contributed by atoms with E-state index in [1.54, 1.807) is 13.3 Å². The highest BCUT2D eigenvalue weighted by Gasteiger charge is 2.25. The molecule has 1 aromatic rings. The Morgan fingerprint density at radius 1 is 1.29 bits per heavy atom. The molecule has 1 N–H and O–H groups in total. The van der Waals surface area contributed by atoms with Crippen molar-refractivity contribution < 1.29 is 4.79 Å². The first kappa shape index (κ1) is 15.7. The molecule has 0 spiro atoms. The molecule has 0 aliphatic heterocycles. The summed E-state index contributed by atoms with van der Waals surface area (Å²) in [4.78, 5) is 21.9. The average molecular weight is 290 g/mol. The molecule has 5 heteroatoms. The van der Waals surface area contributed by atoms with Gasteiger partial charge in [0.25, 0.3) is 0 Å². The van der Waals surface area contributed by atoms with E-state index in [2.05, 4.69) is 29.1 Å². The van der Waals surface area contributed by atoms with Crippen LogP contribution >= 0.6 is 0 Å². The number of anilines is 1. The fourth-order valence-corrected chi connectivity index (χ4v) is 2.84. The molecule has 21 heavy (non-hydrogen) atoms. The maximum Gasteiger partial charge on any atom is 0.219 e. The van der Waals surface area contributed by atoms with E-state index in [1.807, 2.05) is 18.0 Å². The molecule has 1 aromatic heterocycles. The van der Waals surface area contributed by atoms with Crippen LogP contribution in [-0.4, -0.2) is 39.9 Å². The Morgan fingerprint density at radius 3 is 2.52 bits per heavy atom. The molecule has 1 aliphatic rings. The highest BCUT2D eigenvalue weighted by Crippen LogP contribution is 2.25. The fourth-order valence-electron chi connectivity index (χ4n) is 2.84. The number of aromatic nitrogens is 2. The quantitative estimate of drug-likeness (QED) is 0.926. The second-order valence-corrected chi connectivity index (χ2v) is 6.26. The number of carbonyl (C=O) groups excluding carboxylic acids is 1. The van der Waals surface area contributed by atoms with Crippen LogP contribution in [0.25, 0.3) is 0 Å². The van der Waals surface area contributed by atoms with E-state index < -0.39 is 0 Å². The molecule has 116 valence electrons.